The molecular weight excluding hydrogens is 275 g/mol. The smallest absolute Gasteiger partial charge is 0.139 e. The summed E-state index contributed by atoms with van der Waals surface area (Å²) >= 11 is 3.10. The van der Waals surface area contributed by atoms with Crippen molar-refractivity contribution in [2.75, 3.05) is 17.7 Å². The van der Waals surface area contributed by atoms with E-state index in [0.717, 1.165) is 0 Å². The van der Waals surface area contributed by atoms with E-state index >= 15 is 0 Å². The van der Waals surface area contributed by atoms with Crippen LogP contribution in [0.3, 0.4) is 0 Å². The highest BCUT2D eigenvalue weighted by Crippen LogP contribution is 2.27. The molecule has 1 aromatic carbocycles. The first-order valence-electron chi connectivity index (χ1n) is 5.07. The Balaban J connectivity index is 2.85. The summed E-state index contributed by atoms with van der Waals surface area (Å²) in [6, 6.07) is 2.93. The van der Waals surface area contributed by atoms with Gasteiger partial charge in [0.1, 0.15) is 5.82 Å². The lowest BCUT2D eigenvalue weighted by Gasteiger charge is -2.21. The molecule has 1 rings (SSSR count). The van der Waals surface area contributed by atoms with E-state index in [1.54, 1.807) is 6.07 Å². The molecule has 0 aliphatic carbocycles. The molecule has 3 nitrogen and oxygen atoms in total. The predicted octanol–water partition coefficient (Wildman–Crippen LogP) is 2.60. The molecule has 0 radical (unpaired) electrons. The van der Waals surface area contributed by atoms with E-state index in [2.05, 4.69) is 21.2 Å². The van der Waals surface area contributed by atoms with Crippen molar-refractivity contribution in [3.8, 4) is 0 Å². The first kappa shape index (κ1) is 13.3. The molecule has 0 aliphatic rings. The minimum Gasteiger partial charge on any atom is -0.397 e. The summed E-state index contributed by atoms with van der Waals surface area (Å²) in [7, 11) is 0. The molecule has 0 spiro atoms. The molecule has 0 amide bonds. The number of anilines is 2. The number of halogens is 2. The van der Waals surface area contributed by atoms with Crippen LogP contribution in [0, 0.1) is 11.7 Å². The van der Waals surface area contributed by atoms with Gasteiger partial charge in [0.05, 0.1) is 15.8 Å². The highest BCUT2D eigenvalue weighted by atomic mass is 79.9. The molecule has 0 heterocycles. The average molecular weight is 291 g/mol. The Hall–Kier alpha value is -0.810. The van der Waals surface area contributed by atoms with Crippen LogP contribution in [0.25, 0.3) is 0 Å². The fourth-order valence-electron chi connectivity index (χ4n) is 1.23. The summed E-state index contributed by atoms with van der Waals surface area (Å²) < 4.78 is 13.5. The summed E-state index contributed by atoms with van der Waals surface area (Å²) in [5.74, 6) is -0.283. The quantitative estimate of drug-likeness (QED) is 0.747. The van der Waals surface area contributed by atoms with Gasteiger partial charge in [-0.2, -0.15) is 0 Å². The summed E-state index contributed by atoms with van der Waals surface area (Å²) in [4.78, 5) is 0. The number of rotatable bonds is 4. The number of aliphatic hydroxyl groups is 1. The van der Waals surface area contributed by atoms with E-state index in [0.29, 0.717) is 15.8 Å². The lowest BCUT2D eigenvalue weighted by Crippen LogP contribution is -2.26. The topological polar surface area (TPSA) is 58.3 Å². The molecule has 0 saturated carbocycles. The van der Waals surface area contributed by atoms with E-state index in [1.165, 1.54) is 6.07 Å². The molecule has 5 heteroatoms. The number of nitrogen functional groups attached to an aromatic ring is 1. The zero-order valence-electron chi connectivity index (χ0n) is 9.30. The fourth-order valence-corrected chi connectivity index (χ4v) is 1.58. The van der Waals surface area contributed by atoms with E-state index in [1.807, 2.05) is 13.8 Å². The molecule has 90 valence electrons. The number of hydrogen-bond donors (Lipinski definition) is 3. The summed E-state index contributed by atoms with van der Waals surface area (Å²) in [5, 5.41) is 12.2. The molecule has 2 atom stereocenters. The van der Waals surface area contributed by atoms with Crippen molar-refractivity contribution < 1.29 is 9.50 Å². The van der Waals surface area contributed by atoms with Crippen molar-refractivity contribution in [2.24, 2.45) is 5.92 Å². The third-order valence-corrected chi connectivity index (χ3v) is 3.22. The van der Waals surface area contributed by atoms with Crippen LogP contribution in [0.15, 0.2) is 16.6 Å². The predicted molar refractivity (Wildman–Crippen MR) is 67.8 cm³/mol. The van der Waals surface area contributed by atoms with Gasteiger partial charge >= 0.3 is 0 Å². The molecule has 0 bridgehead atoms. The van der Waals surface area contributed by atoms with E-state index in [4.69, 9.17) is 10.8 Å². The largest absolute Gasteiger partial charge is 0.397 e. The van der Waals surface area contributed by atoms with Crippen LogP contribution < -0.4 is 11.1 Å². The first-order valence-corrected chi connectivity index (χ1v) is 5.87. The van der Waals surface area contributed by atoms with Gasteiger partial charge in [-0.05, 0) is 34.8 Å². The van der Waals surface area contributed by atoms with Gasteiger partial charge in [-0.3, -0.25) is 0 Å². The monoisotopic (exact) mass is 290 g/mol. The van der Waals surface area contributed by atoms with Crippen LogP contribution >= 0.6 is 15.9 Å². The zero-order valence-corrected chi connectivity index (χ0v) is 10.9. The van der Waals surface area contributed by atoms with Crippen LogP contribution in [0.5, 0.6) is 0 Å². The molecule has 0 saturated heterocycles. The van der Waals surface area contributed by atoms with Gasteiger partial charge in [-0.25, -0.2) is 4.39 Å². The molecule has 0 aliphatic heterocycles. The zero-order chi connectivity index (χ0) is 12.3. The van der Waals surface area contributed by atoms with E-state index < -0.39 is 0 Å². The van der Waals surface area contributed by atoms with Gasteiger partial charge in [0.25, 0.3) is 0 Å². The van der Waals surface area contributed by atoms with Crippen LogP contribution in [0.4, 0.5) is 15.8 Å². The first-order chi connectivity index (χ1) is 7.45. The van der Waals surface area contributed by atoms with Crippen LogP contribution in [0.2, 0.25) is 0 Å². The number of aliphatic hydroxyl groups excluding tert-OH is 1. The maximum atomic E-state index is 13.1. The number of nitrogens with two attached hydrogens (primary N) is 1. The van der Waals surface area contributed by atoms with Crippen LogP contribution in [0.1, 0.15) is 13.8 Å². The SMILES string of the molecule is CC(CO)C(C)Nc1cc(Br)c(F)cc1N. The van der Waals surface area contributed by atoms with Crippen LogP contribution in [-0.4, -0.2) is 17.8 Å². The number of benzene rings is 1. The highest BCUT2D eigenvalue weighted by Gasteiger charge is 2.13. The number of hydrogen-bond acceptors (Lipinski definition) is 3. The second-order valence-corrected chi connectivity index (χ2v) is 4.80. The molecule has 0 fully saturated rings. The number of nitrogens with one attached hydrogen (secondary N) is 1. The van der Waals surface area contributed by atoms with Crippen molar-refractivity contribution in [2.45, 2.75) is 19.9 Å². The van der Waals surface area contributed by atoms with Gasteiger partial charge in [-0.1, -0.05) is 6.92 Å². The Morgan fingerprint density at radius 1 is 1.50 bits per heavy atom. The molecule has 0 aromatic heterocycles. The second-order valence-electron chi connectivity index (χ2n) is 3.95. The van der Waals surface area contributed by atoms with Crippen molar-refractivity contribution >= 4 is 27.3 Å². The molecule has 2 unspecified atom stereocenters. The maximum Gasteiger partial charge on any atom is 0.139 e. The normalized spacial score (nSPS) is 14.6. The van der Waals surface area contributed by atoms with Gasteiger partial charge in [0.15, 0.2) is 0 Å². The molecule has 16 heavy (non-hydrogen) atoms. The Morgan fingerprint density at radius 3 is 2.69 bits per heavy atom. The summed E-state index contributed by atoms with van der Waals surface area (Å²) in [6.07, 6.45) is 0. The summed E-state index contributed by atoms with van der Waals surface area (Å²) in [5.41, 5.74) is 6.72. The standard InChI is InChI=1S/C11H16BrFN2O/c1-6(5-16)7(2)15-11-3-8(12)9(13)4-10(11)14/h3-4,6-7,15-16H,5,14H2,1-2H3. The van der Waals surface area contributed by atoms with E-state index in [-0.39, 0.29) is 24.4 Å². The van der Waals surface area contributed by atoms with Crippen molar-refractivity contribution in [3.05, 3.63) is 22.4 Å². The highest BCUT2D eigenvalue weighted by molar-refractivity contribution is 9.10. The van der Waals surface area contributed by atoms with Gasteiger partial charge in [0, 0.05) is 18.7 Å². The third kappa shape index (κ3) is 3.09. The molecule has 4 N–H and O–H groups in total. The minimum absolute atomic E-state index is 0.0599. The van der Waals surface area contributed by atoms with Crippen LogP contribution in [-0.2, 0) is 0 Å². The van der Waals surface area contributed by atoms with Crippen molar-refractivity contribution in [1.29, 1.82) is 0 Å². The Bertz CT molecular complexity index is 373. The third-order valence-electron chi connectivity index (χ3n) is 2.62. The Morgan fingerprint density at radius 2 is 2.12 bits per heavy atom. The van der Waals surface area contributed by atoms with Crippen molar-refractivity contribution in [1.82, 2.24) is 0 Å². The Kier molecular flexibility index (Phi) is 4.56. The Labute approximate surface area is 103 Å². The van der Waals surface area contributed by atoms with Gasteiger partial charge < -0.3 is 16.2 Å². The fraction of sp³-hybridized carbons (Fsp3) is 0.455. The van der Waals surface area contributed by atoms with Crippen molar-refractivity contribution in [3.63, 3.8) is 0 Å². The minimum atomic E-state index is -0.383. The maximum absolute atomic E-state index is 13.1. The van der Waals surface area contributed by atoms with Gasteiger partial charge in [-0.15, -0.1) is 0 Å². The van der Waals surface area contributed by atoms with E-state index in [9.17, 15) is 4.39 Å². The second kappa shape index (κ2) is 5.50. The molecule has 1 aromatic rings. The van der Waals surface area contributed by atoms with Gasteiger partial charge in [0.2, 0.25) is 0 Å². The summed E-state index contributed by atoms with van der Waals surface area (Å²) in [6.45, 7) is 3.96. The average Bonchev–Trinajstić information content (AvgIpc) is 2.24. The lowest BCUT2D eigenvalue weighted by molar-refractivity contribution is 0.226. The lowest BCUT2D eigenvalue weighted by atomic mass is 10.0. The molecular formula is C11H16BrFN2O.